The lowest BCUT2D eigenvalue weighted by Crippen LogP contribution is -2.21. The van der Waals surface area contributed by atoms with E-state index in [1.807, 2.05) is 12.1 Å². The summed E-state index contributed by atoms with van der Waals surface area (Å²) in [6, 6.07) is 17.1. The van der Waals surface area contributed by atoms with E-state index in [9.17, 15) is 0 Å². The molecule has 0 fully saturated rings. The van der Waals surface area contributed by atoms with E-state index in [0.29, 0.717) is 6.61 Å². The van der Waals surface area contributed by atoms with E-state index in [-0.39, 0.29) is 6.04 Å². The second-order valence-electron chi connectivity index (χ2n) is 5.48. The molecule has 2 aromatic carbocycles. The molecule has 0 heterocycles. The number of benzene rings is 2. The molecule has 0 aliphatic heterocycles. The minimum Gasteiger partial charge on any atom is -0.489 e. The van der Waals surface area contributed by atoms with Crippen molar-refractivity contribution >= 4 is 0 Å². The molecule has 0 bridgehead atoms. The van der Waals surface area contributed by atoms with Crippen molar-refractivity contribution in [2.24, 2.45) is 5.73 Å². The number of rotatable bonds is 7. The van der Waals surface area contributed by atoms with Crippen LogP contribution >= 0.6 is 0 Å². The van der Waals surface area contributed by atoms with Gasteiger partial charge < -0.3 is 10.5 Å². The summed E-state index contributed by atoms with van der Waals surface area (Å²) in [5.74, 6) is 0.906. The van der Waals surface area contributed by atoms with Crippen LogP contribution in [0.5, 0.6) is 5.75 Å². The number of hydrogen-bond donors (Lipinski definition) is 1. The number of nitrogens with two attached hydrogens (primary N) is 1. The van der Waals surface area contributed by atoms with Gasteiger partial charge in [0.2, 0.25) is 0 Å². The number of ether oxygens (including phenoxy) is 1. The molecule has 0 saturated heterocycles. The normalized spacial score (nSPS) is 12.1. The van der Waals surface area contributed by atoms with E-state index in [0.717, 1.165) is 25.0 Å². The van der Waals surface area contributed by atoms with Gasteiger partial charge >= 0.3 is 0 Å². The molecule has 112 valence electrons. The third-order valence-corrected chi connectivity index (χ3v) is 3.78. The molecule has 2 heteroatoms. The van der Waals surface area contributed by atoms with Gasteiger partial charge in [0.25, 0.3) is 0 Å². The smallest absolute Gasteiger partial charge is 0.119 e. The Balaban J connectivity index is 1.88. The van der Waals surface area contributed by atoms with E-state index in [2.05, 4.69) is 50.2 Å². The molecule has 1 atom stereocenters. The Kier molecular flexibility index (Phi) is 5.82. The highest BCUT2D eigenvalue weighted by Crippen LogP contribution is 2.16. The van der Waals surface area contributed by atoms with Crippen LogP contribution in [0, 0.1) is 0 Å². The molecule has 1 unspecified atom stereocenters. The largest absolute Gasteiger partial charge is 0.489 e. The zero-order valence-corrected chi connectivity index (χ0v) is 13.0. The first kappa shape index (κ1) is 15.6. The number of aryl methyl sites for hydroxylation is 1. The maximum Gasteiger partial charge on any atom is 0.119 e. The fraction of sp³-hybridized carbons (Fsp3) is 0.368. The Morgan fingerprint density at radius 1 is 0.857 bits per heavy atom. The summed E-state index contributed by atoms with van der Waals surface area (Å²) in [6.45, 7) is 4.89. The Morgan fingerprint density at radius 3 is 2.00 bits per heavy atom. The van der Waals surface area contributed by atoms with Gasteiger partial charge in [-0.05, 0) is 48.1 Å². The second-order valence-corrected chi connectivity index (χ2v) is 5.48. The molecule has 2 aromatic rings. The van der Waals surface area contributed by atoms with Gasteiger partial charge in [0.15, 0.2) is 0 Å². The zero-order chi connectivity index (χ0) is 15.1. The van der Waals surface area contributed by atoms with Gasteiger partial charge in [-0.3, -0.25) is 0 Å². The van der Waals surface area contributed by atoms with Gasteiger partial charge in [0.05, 0.1) is 0 Å². The predicted octanol–water partition coefficient (Wildman–Crippen LogP) is 4.11. The molecule has 0 aliphatic rings. The van der Waals surface area contributed by atoms with Gasteiger partial charge in [0.1, 0.15) is 12.4 Å². The van der Waals surface area contributed by atoms with E-state index in [4.69, 9.17) is 10.5 Å². The van der Waals surface area contributed by atoms with Crippen LogP contribution in [0.1, 0.15) is 37.0 Å². The molecule has 2 rings (SSSR count). The summed E-state index contributed by atoms with van der Waals surface area (Å²) in [4.78, 5) is 0. The van der Waals surface area contributed by atoms with Gasteiger partial charge in [-0.1, -0.05) is 50.2 Å². The van der Waals surface area contributed by atoms with E-state index < -0.39 is 0 Å². The van der Waals surface area contributed by atoms with E-state index in [1.165, 1.54) is 16.7 Å². The second kappa shape index (κ2) is 7.84. The van der Waals surface area contributed by atoms with Gasteiger partial charge in [-0.15, -0.1) is 0 Å². The highest BCUT2D eigenvalue weighted by Gasteiger charge is 2.02. The molecule has 21 heavy (non-hydrogen) atoms. The molecule has 0 aromatic heterocycles. The van der Waals surface area contributed by atoms with Crippen molar-refractivity contribution in [3.63, 3.8) is 0 Å². The maximum absolute atomic E-state index is 5.97. The third-order valence-electron chi connectivity index (χ3n) is 3.78. The van der Waals surface area contributed by atoms with Crippen molar-refractivity contribution in [3.05, 3.63) is 65.2 Å². The van der Waals surface area contributed by atoms with E-state index in [1.54, 1.807) is 0 Å². The Hall–Kier alpha value is -1.80. The van der Waals surface area contributed by atoms with Crippen LogP contribution in [-0.2, 0) is 19.4 Å². The topological polar surface area (TPSA) is 35.2 Å². The minimum absolute atomic E-state index is 0.244. The van der Waals surface area contributed by atoms with E-state index >= 15 is 0 Å². The fourth-order valence-corrected chi connectivity index (χ4v) is 2.21. The Bertz CT molecular complexity index is 530. The van der Waals surface area contributed by atoms with Gasteiger partial charge in [-0.2, -0.15) is 0 Å². The standard InChI is InChI=1S/C19H25NO/c1-3-15-5-7-17(8-6-15)14-21-19-11-9-16(10-12-19)13-18(20)4-2/h5-12,18H,3-4,13-14,20H2,1-2H3. The van der Waals surface area contributed by atoms with Crippen molar-refractivity contribution in [3.8, 4) is 5.75 Å². The maximum atomic E-state index is 5.97. The lowest BCUT2D eigenvalue weighted by Gasteiger charge is -2.10. The van der Waals surface area contributed by atoms with Crippen LogP contribution in [-0.4, -0.2) is 6.04 Å². The molecule has 0 aliphatic carbocycles. The predicted molar refractivity (Wildman–Crippen MR) is 88.6 cm³/mol. The minimum atomic E-state index is 0.244. The zero-order valence-electron chi connectivity index (χ0n) is 13.0. The summed E-state index contributed by atoms with van der Waals surface area (Å²) in [6.07, 6.45) is 3.00. The molecule has 0 spiro atoms. The van der Waals surface area contributed by atoms with Crippen LogP contribution in [0.2, 0.25) is 0 Å². The van der Waals surface area contributed by atoms with Crippen LogP contribution in [0.3, 0.4) is 0 Å². The average molecular weight is 283 g/mol. The highest BCUT2D eigenvalue weighted by atomic mass is 16.5. The first-order valence-corrected chi connectivity index (χ1v) is 7.76. The number of hydrogen-bond acceptors (Lipinski definition) is 2. The molecule has 0 saturated carbocycles. The summed E-state index contributed by atoms with van der Waals surface area (Å²) in [5, 5.41) is 0. The summed E-state index contributed by atoms with van der Waals surface area (Å²) in [7, 11) is 0. The van der Waals surface area contributed by atoms with Crippen molar-refractivity contribution in [1.82, 2.24) is 0 Å². The van der Waals surface area contributed by atoms with Crippen LogP contribution in [0.25, 0.3) is 0 Å². The first-order valence-electron chi connectivity index (χ1n) is 7.76. The SMILES string of the molecule is CCc1ccc(COc2ccc(CC(N)CC)cc2)cc1. The first-order chi connectivity index (χ1) is 10.2. The monoisotopic (exact) mass is 283 g/mol. The molecular weight excluding hydrogens is 258 g/mol. The molecule has 0 radical (unpaired) electrons. The summed E-state index contributed by atoms with van der Waals surface area (Å²) < 4.78 is 5.82. The van der Waals surface area contributed by atoms with Crippen molar-refractivity contribution in [1.29, 1.82) is 0 Å². The van der Waals surface area contributed by atoms with Crippen LogP contribution < -0.4 is 10.5 Å². The molecule has 0 amide bonds. The van der Waals surface area contributed by atoms with Crippen molar-refractivity contribution in [2.45, 2.75) is 45.8 Å². The highest BCUT2D eigenvalue weighted by molar-refractivity contribution is 5.28. The molecular formula is C19H25NO. The van der Waals surface area contributed by atoms with Gasteiger partial charge in [-0.25, -0.2) is 0 Å². The summed E-state index contributed by atoms with van der Waals surface area (Å²) >= 11 is 0. The lowest BCUT2D eigenvalue weighted by molar-refractivity contribution is 0.306. The lowest BCUT2D eigenvalue weighted by atomic mass is 10.0. The third kappa shape index (κ3) is 4.91. The van der Waals surface area contributed by atoms with Crippen LogP contribution in [0.4, 0.5) is 0 Å². The Morgan fingerprint density at radius 2 is 1.43 bits per heavy atom. The Labute approximate surface area is 127 Å². The summed E-state index contributed by atoms with van der Waals surface area (Å²) in [5.41, 5.74) is 9.79. The van der Waals surface area contributed by atoms with Crippen LogP contribution in [0.15, 0.2) is 48.5 Å². The molecule has 2 N–H and O–H groups in total. The van der Waals surface area contributed by atoms with Crippen molar-refractivity contribution < 1.29 is 4.74 Å². The molecule has 2 nitrogen and oxygen atoms in total. The average Bonchev–Trinajstić information content (AvgIpc) is 2.54. The van der Waals surface area contributed by atoms with Gasteiger partial charge in [0, 0.05) is 6.04 Å². The van der Waals surface area contributed by atoms with Crippen molar-refractivity contribution in [2.75, 3.05) is 0 Å². The fourth-order valence-electron chi connectivity index (χ4n) is 2.21. The quantitative estimate of drug-likeness (QED) is 0.830.